The van der Waals surface area contributed by atoms with E-state index in [4.69, 9.17) is 0 Å². The zero-order valence-corrected chi connectivity index (χ0v) is 13.9. The van der Waals surface area contributed by atoms with Crippen molar-refractivity contribution in [2.24, 2.45) is 0 Å². The van der Waals surface area contributed by atoms with E-state index in [0.717, 1.165) is 13.1 Å². The highest BCUT2D eigenvalue weighted by Gasteiger charge is 2.25. The third-order valence-corrected chi connectivity index (χ3v) is 5.06. The second-order valence-electron chi connectivity index (χ2n) is 6.13. The van der Waals surface area contributed by atoms with Gasteiger partial charge in [0.1, 0.15) is 5.01 Å². The molecule has 3 nitrogen and oxygen atoms in total. The Morgan fingerprint density at radius 2 is 2.00 bits per heavy atom. The molecular formula is C17H23N3S. The molecule has 0 fully saturated rings. The number of thiazole rings is 1. The lowest BCUT2D eigenvalue weighted by molar-refractivity contribution is 0.235. The highest BCUT2D eigenvalue weighted by atomic mass is 32.1. The van der Waals surface area contributed by atoms with Crippen LogP contribution in [0.3, 0.4) is 0 Å². The first kappa shape index (κ1) is 14.7. The number of hydrogen-bond donors (Lipinski definition) is 0. The number of hydrogen-bond acceptors (Lipinski definition) is 4. The molecular weight excluding hydrogens is 278 g/mol. The molecule has 1 aromatic carbocycles. The van der Waals surface area contributed by atoms with Crippen molar-refractivity contribution in [3.63, 3.8) is 0 Å². The summed E-state index contributed by atoms with van der Waals surface area (Å²) in [5.74, 6) is 0. The Labute approximate surface area is 131 Å². The summed E-state index contributed by atoms with van der Waals surface area (Å²) in [5.41, 5.74) is 3.02. The fraction of sp³-hybridized carbons (Fsp3) is 0.471. The summed E-state index contributed by atoms with van der Waals surface area (Å²) in [5, 5.41) is 1.22. The smallest absolute Gasteiger partial charge is 0.107 e. The minimum absolute atomic E-state index is 0.544. The van der Waals surface area contributed by atoms with Crippen molar-refractivity contribution >= 4 is 11.3 Å². The van der Waals surface area contributed by atoms with Gasteiger partial charge in [0.25, 0.3) is 0 Å². The van der Waals surface area contributed by atoms with Crippen LogP contribution in [0.4, 0.5) is 0 Å². The lowest BCUT2D eigenvalue weighted by atomic mass is 10.1. The first-order chi connectivity index (χ1) is 10.1. The van der Waals surface area contributed by atoms with Crippen LogP contribution in [0.2, 0.25) is 0 Å². The van der Waals surface area contributed by atoms with Crippen molar-refractivity contribution in [3.05, 3.63) is 51.5 Å². The Hall–Kier alpha value is -1.23. The van der Waals surface area contributed by atoms with Crippen LogP contribution in [0.5, 0.6) is 0 Å². The lowest BCUT2D eigenvalue weighted by Gasteiger charge is -2.24. The van der Waals surface area contributed by atoms with Gasteiger partial charge in [-0.2, -0.15) is 0 Å². The van der Waals surface area contributed by atoms with Crippen LogP contribution in [0.15, 0.2) is 30.5 Å². The Morgan fingerprint density at radius 1 is 1.19 bits per heavy atom. The molecule has 0 amide bonds. The van der Waals surface area contributed by atoms with E-state index in [1.165, 1.54) is 33.9 Å². The number of nitrogens with zero attached hydrogens (tertiary/aromatic N) is 3. The van der Waals surface area contributed by atoms with Crippen LogP contribution in [0.25, 0.3) is 0 Å². The van der Waals surface area contributed by atoms with E-state index < -0.39 is 0 Å². The zero-order valence-electron chi connectivity index (χ0n) is 13.0. The maximum Gasteiger partial charge on any atom is 0.107 e. The van der Waals surface area contributed by atoms with Crippen LogP contribution >= 0.6 is 11.3 Å². The van der Waals surface area contributed by atoms with Crippen LogP contribution in [-0.2, 0) is 19.5 Å². The summed E-state index contributed by atoms with van der Waals surface area (Å²) in [4.78, 5) is 10.6. The SMILES string of the molecule is CN(C)Cc1cnc(CN(C)C2CCc3ccccc32)s1. The second kappa shape index (κ2) is 6.26. The molecule has 0 aliphatic heterocycles. The first-order valence-electron chi connectivity index (χ1n) is 7.50. The van der Waals surface area contributed by atoms with Crippen LogP contribution in [0.1, 0.15) is 33.5 Å². The number of fused-ring (bicyclic) bond motifs is 1. The van der Waals surface area contributed by atoms with Gasteiger partial charge in [-0.1, -0.05) is 24.3 Å². The molecule has 1 unspecified atom stereocenters. The van der Waals surface area contributed by atoms with E-state index >= 15 is 0 Å². The molecule has 0 saturated heterocycles. The summed E-state index contributed by atoms with van der Waals surface area (Å²) < 4.78 is 0. The van der Waals surface area contributed by atoms with Crippen molar-refractivity contribution < 1.29 is 0 Å². The Morgan fingerprint density at radius 3 is 2.81 bits per heavy atom. The van der Waals surface area contributed by atoms with E-state index in [1.54, 1.807) is 0 Å². The fourth-order valence-corrected chi connectivity index (χ4v) is 4.23. The molecule has 4 heteroatoms. The van der Waals surface area contributed by atoms with Gasteiger partial charge in [0.2, 0.25) is 0 Å². The first-order valence-corrected chi connectivity index (χ1v) is 8.31. The Bertz CT molecular complexity index is 606. The maximum absolute atomic E-state index is 4.59. The van der Waals surface area contributed by atoms with E-state index in [0.29, 0.717) is 6.04 Å². The Balaban J connectivity index is 1.67. The molecule has 1 aliphatic carbocycles. The quantitative estimate of drug-likeness (QED) is 0.844. The standard InChI is InChI=1S/C17H23N3S/c1-19(2)11-14-10-18-17(21-14)12-20(3)16-9-8-13-6-4-5-7-15(13)16/h4-7,10,16H,8-9,11-12H2,1-3H3. The van der Waals surface area contributed by atoms with Gasteiger partial charge < -0.3 is 4.90 Å². The molecule has 0 spiro atoms. The lowest BCUT2D eigenvalue weighted by Crippen LogP contribution is -2.22. The minimum atomic E-state index is 0.544. The molecule has 1 aromatic heterocycles. The molecule has 112 valence electrons. The predicted octanol–water partition coefficient (Wildman–Crippen LogP) is 3.32. The van der Waals surface area contributed by atoms with E-state index in [-0.39, 0.29) is 0 Å². The second-order valence-corrected chi connectivity index (χ2v) is 7.33. The number of aryl methyl sites for hydroxylation is 1. The molecule has 2 aromatic rings. The number of aromatic nitrogens is 1. The third kappa shape index (κ3) is 3.34. The summed E-state index contributed by atoms with van der Waals surface area (Å²) in [6, 6.07) is 9.39. The molecule has 3 rings (SSSR count). The van der Waals surface area contributed by atoms with Gasteiger partial charge in [0.05, 0.1) is 6.54 Å². The maximum atomic E-state index is 4.59. The van der Waals surface area contributed by atoms with Crippen molar-refractivity contribution in [2.45, 2.75) is 32.0 Å². The van der Waals surface area contributed by atoms with Crippen molar-refractivity contribution in [2.75, 3.05) is 21.1 Å². The molecule has 0 radical (unpaired) electrons. The van der Waals surface area contributed by atoms with Crippen molar-refractivity contribution in [1.29, 1.82) is 0 Å². The van der Waals surface area contributed by atoms with Gasteiger partial charge in [0, 0.05) is 23.7 Å². The van der Waals surface area contributed by atoms with Gasteiger partial charge in [-0.25, -0.2) is 4.98 Å². The van der Waals surface area contributed by atoms with Gasteiger partial charge >= 0.3 is 0 Å². The molecule has 21 heavy (non-hydrogen) atoms. The Kier molecular flexibility index (Phi) is 4.38. The van der Waals surface area contributed by atoms with E-state index in [9.17, 15) is 0 Å². The average molecular weight is 301 g/mol. The largest absolute Gasteiger partial charge is 0.304 e. The minimum Gasteiger partial charge on any atom is -0.304 e. The van der Waals surface area contributed by atoms with Crippen LogP contribution in [-0.4, -0.2) is 35.9 Å². The van der Waals surface area contributed by atoms with Gasteiger partial charge in [0.15, 0.2) is 0 Å². The molecule has 1 atom stereocenters. The summed E-state index contributed by atoms with van der Waals surface area (Å²) in [6.45, 7) is 1.92. The fourth-order valence-electron chi connectivity index (χ4n) is 3.12. The molecule has 0 bridgehead atoms. The number of benzene rings is 1. The highest BCUT2D eigenvalue weighted by Crippen LogP contribution is 2.35. The molecule has 0 N–H and O–H groups in total. The van der Waals surface area contributed by atoms with E-state index in [2.05, 4.69) is 60.2 Å². The van der Waals surface area contributed by atoms with Gasteiger partial charge in [-0.05, 0) is 45.1 Å². The van der Waals surface area contributed by atoms with Crippen molar-refractivity contribution in [1.82, 2.24) is 14.8 Å². The van der Waals surface area contributed by atoms with Gasteiger partial charge in [-0.15, -0.1) is 11.3 Å². The van der Waals surface area contributed by atoms with Gasteiger partial charge in [-0.3, -0.25) is 4.90 Å². The highest BCUT2D eigenvalue weighted by molar-refractivity contribution is 7.11. The van der Waals surface area contributed by atoms with Crippen LogP contribution < -0.4 is 0 Å². The summed E-state index contributed by atoms with van der Waals surface area (Å²) >= 11 is 1.84. The topological polar surface area (TPSA) is 19.4 Å². The summed E-state index contributed by atoms with van der Waals surface area (Å²) in [7, 11) is 6.42. The zero-order chi connectivity index (χ0) is 14.8. The molecule has 1 heterocycles. The molecule has 0 saturated carbocycles. The molecule has 1 aliphatic rings. The van der Waals surface area contributed by atoms with Crippen molar-refractivity contribution in [3.8, 4) is 0 Å². The normalized spacial score (nSPS) is 17.7. The van der Waals surface area contributed by atoms with E-state index in [1.807, 2.05) is 17.5 Å². The average Bonchev–Trinajstić information content (AvgIpc) is 3.04. The van der Waals surface area contributed by atoms with Crippen LogP contribution in [0, 0.1) is 0 Å². The monoisotopic (exact) mass is 301 g/mol. The summed E-state index contributed by atoms with van der Waals surface area (Å²) in [6.07, 6.45) is 4.46. The number of rotatable bonds is 5. The predicted molar refractivity (Wildman–Crippen MR) is 88.5 cm³/mol. The third-order valence-electron chi connectivity index (χ3n) is 4.09.